The summed E-state index contributed by atoms with van der Waals surface area (Å²) in [5.74, 6) is 3.40. The predicted octanol–water partition coefficient (Wildman–Crippen LogP) is 2.25. The molecule has 8 nitrogen and oxygen atoms in total. The monoisotopic (exact) mass is 395 g/mol. The van der Waals surface area contributed by atoms with Crippen LogP contribution in [0.25, 0.3) is 0 Å². The second kappa shape index (κ2) is 9.27. The molecule has 3 rings (SSSR count). The van der Waals surface area contributed by atoms with Gasteiger partial charge in [-0.05, 0) is 36.8 Å². The average Bonchev–Trinajstić information content (AvgIpc) is 3.27. The molecular weight excluding hydrogens is 366 g/mol. The quantitative estimate of drug-likeness (QED) is 0.491. The van der Waals surface area contributed by atoms with Crippen LogP contribution in [0.15, 0.2) is 47.6 Å². The molecule has 154 valence electrons. The highest BCUT2D eigenvalue weighted by Crippen LogP contribution is 2.12. The van der Waals surface area contributed by atoms with Crippen LogP contribution in [-0.4, -0.2) is 44.3 Å². The minimum absolute atomic E-state index is 0.552. The van der Waals surface area contributed by atoms with Crippen molar-refractivity contribution >= 4 is 5.96 Å². The summed E-state index contributed by atoms with van der Waals surface area (Å²) in [5, 5.41) is 11.8. The number of nitrogens with zero attached hydrogens (tertiary/aromatic N) is 6. The van der Waals surface area contributed by atoms with E-state index in [1.165, 1.54) is 5.69 Å². The Morgan fingerprint density at radius 3 is 2.52 bits per heavy atom. The Morgan fingerprint density at radius 2 is 1.93 bits per heavy atom. The summed E-state index contributed by atoms with van der Waals surface area (Å²) in [6.45, 7) is 3.81. The third kappa shape index (κ3) is 5.16. The number of rotatable bonds is 7. The standard InChI is InChI=1S/C21H29N7O/c1-16-24-25-20(28(16)4)14-23-21(27(3)15-18-7-6-12-26(18)2)22-13-17-8-10-19(29-5)11-9-17/h6-12H,13-15H2,1-5H3,(H,22,23). The van der Waals surface area contributed by atoms with Gasteiger partial charge in [-0.3, -0.25) is 0 Å². The van der Waals surface area contributed by atoms with Crippen molar-refractivity contribution in [3.05, 3.63) is 65.5 Å². The SMILES string of the molecule is COc1ccc(CN=C(NCc2nnc(C)n2C)N(C)Cc2cccn2C)cc1. The molecule has 0 aliphatic heterocycles. The first-order valence-corrected chi connectivity index (χ1v) is 9.55. The van der Waals surface area contributed by atoms with Crippen molar-refractivity contribution in [3.8, 4) is 5.75 Å². The van der Waals surface area contributed by atoms with E-state index in [1.54, 1.807) is 7.11 Å². The summed E-state index contributed by atoms with van der Waals surface area (Å²) in [4.78, 5) is 6.95. The number of aromatic nitrogens is 4. The van der Waals surface area contributed by atoms with E-state index in [0.29, 0.717) is 13.1 Å². The number of aliphatic imine (C=N–C) groups is 1. The zero-order chi connectivity index (χ0) is 20.8. The summed E-state index contributed by atoms with van der Waals surface area (Å²) >= 11 is 0. The summed E-state index contributed by atoms with van der Waals surface area (Å²) in [5.41, 5.74) is 2.33. The van der Waals surface area contributed by atoms with Gasteiger partial charge in [-0.15, -0.1) is 10.2 Å². The normalized spacial score (nSPS) is 11.6. The van der Waals surface area contributed by atoms with Crippen LogP contribution in [0, 0.1) is 6.92 Å². The van der Waals surface area contributed by atoms with E-state index in [0.717, 1.165) is 35.5 Å². The van der Waals surface area contributed by atoms with Crippen molar-refractivity contribution in [1.29, 1.82) is 0 Å². The smallest absolute Gasteiger partial charge is 0.194 e. The summed E-state index contributed by atoms with van der Waals surface area (Å²) in [7, 11) is 7.72. The Balaban J connectivity index is 1.75. The first-order chi connectivity index (χ1) is 14.0. The van der Waals surface area contributed by atoms with Gasteiger partial charge >= 0.3 is 0 Å². The molecule has 2 heterocycles. The predicted molar refractivity (Wildman–Crippen MR) is 114 cm³/mol. The van der Waals surface area contributed by atoms with Gasteiger partial charge in [0.05, 0.1) is 26.7 Å². The van der Waals surface area contributed by atoms with Gasteiger partial charge in [0.25, 0.3) is 0 Å². The number of ether oxygens (including phenoxy) is 1. The molecule has 2 aromatic heterocycles. The fraction of sp³-hybridized carbons (Fsp3) is 0.381. The van der Waals surface area contributed by atoms with Crippen molar-refractivity contribution in [2.45, 2.75) is 26.6 Å². The maximum atomic E-state index is 5.23. The molecule has 0 aliphatic rings. The third-order valence-corrected chi connectivity index (χ3v) is 4.97. The molecule has 0 atom stereocenters. The molecule has 8 heteroatoms. The van der Waals surface area contributed by atoms with Crippen LogP contribution < -0.4 is 10.1 Å². The fourth-order valence-electron chi connectivity index (χ4n) is 2.95. The topological polar surface area (TPSA) is 72.5 Å². The Bertz CT molecular complexity index is 956. The first kappa shape index (κ1) is 20.4. The van der Waals surface area contributed by atoms with Gasteiger partial charge in [0.1, 0.15) is 11.6 Å². The highest BCUT2D eigenvalue weighted by Gasteiger charge is 2.11. The van der Waals surface area contributed by atoms with Crippen molar-refractivity contribution in [2.75, 3.05) is 14.2 Å². The first-order valence-electron chi connectivity index (χ1n) is 9.55. The molecule has 29 heavy (non-hydrogen) atoms. The summed E-state index contributed by atoms with van der Waals surface area (Å²) in [6.07, 6.45) is 2.05. The van der Waals surface area contributed by atoms with Gasteiger partial charge in [0.15, 0.2) is 11.8 Å². The molecular formula is C21H29N7O. The van der Waals surface area contributed by atoms with E-state index < -0.39 is 0 Å². The Hall–Kier alpha value is -3.29. The number of guanidine groups is 1. The molecule has 3 aromatic rings. The number of aryl methyl sites for hydroxylation is 2. The van der Waals surface area contributed by atoms with Crippen molar-refractivity contribution in [1.82, 2.24) is 29.5 Å². The molecule has 0 spiro atoms. The van der Waals surface area contributed by atoms with Crippen molar-refractivity contribution in [3.63, 3.8) is 0 Å². The van der Waals surface area contributed by atoms with Crippen molar-refractivity contribution < 1.29 is 4.74 Å². The number of hydrogen-bond donors (Lipinski definition) is 1. The lowest BCUT2D eigenvalue weighted by Crippen LogP contribution is -2.39. The maximum absolute atomic E-state index is 5.23. The molecule has 0 unspecified atom stereocenters. The van der Waals surface area contributed by atoms with E-state index in [2.05, 4.69) is 31.0 Å². The van der Waals surface area contributed by atoms with Crippen molar-refractivity contribution in [2.24, 2.45) is 19.1 Å². The second-order valence-corrected chi connectivity index (χ2v) is 7.03. The number of methoxy groups -OCH3 is 1. The molecule has 0 saturated heterocycles. The van der Waals surface area contributed by atoms with E-state index in [4.69, 9.17) is 9.73 Å². The average molecular weight is 396 g/mol. The van der Waals surface area contributed by atoms with Crippen LogP contribution in [0.2, 0.25) is 0 Å². The highest BCUT2D eigenvalue weighted by molar-refractivity contribution is 5.79. The minimum atomic E-state index is 0.552. The zero-order valence-corrected chi connectivity index (χ0v) is 17.8. The minimum Gasteiger partial charge on any atom is -0.497 e. The highest BCUT2D eigenvalue weighted by atomic mass is 16.5. The van der Waals surface area contributed by atoms with E-state index in [-0.39, 0.29) is 0 Å². The second-order valence-electron chi connectivity index (χ2n) is 7.03. The lowest BCUT2D eigenvalue weighted by molar-refractivity contribution is 0.414. The fourth-order valence-corrected chi connectivity index (χ4v) is 2.95. The van der Waals surface area contributed by atoms with E-state index >= 15 is 0 Å². The molecule has 1 aromatic carbocycles. The summed E-state index contributed by atoms with van der Waals surface area (Å²) in [6, 6.07) is 12.1. The van der Waals surface area contributed by atoms with Gasteiger partial charge in [-0.1, -0.05) is 12.1 Å². The molecule has 0 amide bonds. The van der Waals surface area contributed by atoms with Crippen LogP contribution in [0.5, 0.6) is 5.75 Å². The lowest BCUT2D eigenvalue weighted by Gasteiger charge is -2.23. The Labute approximate surface area is 171 Å². The van der Waals surface area contributed by atoms with Gasteiger partial charge in [0.2, 0.25) is 0 Å². The van der Waals surface area contributed by atoms with Crippen LogP contribution in [0.3, 0.4) is 0 Å². The number of nitrogens with one attached hydrogen (secondary N) is 1. The van der Waals surface area contributed by atoms with E-state index in [1.807, 2.05) is 69.2 Å². The van der Waals surface area contributed by atoms with Crippen LogP contribution in [-0.2, 0) is 33.7 Å². The largest absolute Gasteiger partial charge is 0.497 e. The number of benzene rings is 1. The lowest BCUT2D eigenvalue weighted by atomic mass is 10.2. The van der Waals surface area contributed by atoms with Gasteiger partial charge in [-0.2, -0.15) is 0 Å². The van der Waals surface area contributed by atoms with Crippen LogP contribution in [0.4, 0.5) is 0 Å². The number of hydrogen-bond acceptors (Lipinski definition) is 4. The van der Waals surface area contributed by atoms with Gasteiger partial charge in [0, 0.05) is 33.0 Å². The zero-order valence-electron chi connectivity index (χ0n) is 17.8. The molecule has 0 aliphatic carbocycles. The van der Waals surface area contributed by atoms with Gasteiger partial charge in [-0.25, -0.2) is 4.99 Å². The van der Waals surface area contributed by atoms with Gasteiger partial charge < -0.3 is 24.1 Å². The van der Waals surface area contributed by atoms with Crippen LogP contribution in [0.1, 0.15) is 22.9 Å². The molecule has 1 N–H and O–H groups in total. The molecule has 0 saturated carbocycles. The Kier molecular flexibility index (Phi) is 6.54. The Morgan fingerprint density at radius 1 is 1.17 bits per heavy atom. The van der Waals surface area contributed by atoms with Crippen LogP contribution >= 0.6 is 0 Å². The molecule has 0 fully saturated rings. The molecule has 0 radical (unpaired) electrons. The van der Waals surface area contributed by atoms with E-state index in [9.17, 15) is 0 Å². The third-order valence-electron chi connectivity index (χ3n) is 4.97. The summed E-state index contributed by atoms with van der Waals surface area (Å²) < 4.78 is 9.32. The molecule has 0 bridgehead atoms. The maximum Gasteiger partial charge on any atom is 0.194 e.